The van der Waals surface area contributed by atoms with Crippen LogP contribution < -0.4 is 5.32 Å². The molecule has 1 heterocycles. The number of aliphatic hydroxyl groups excluding tert-OH is 1. The van der Waals surface area contributed by atoms with Gasteiger partial charge in [0.05, 0.1) is 25.2 Å². The molecule has 0 bridgehead atoms. The summed E-state index contributed by atoms with van der Waals surface area (Å²) in [4.78, 5) is 0. The van der Waals surface area contributed by atoms with Crippen LogP contribution in [-0.4, -0.2) is 37.5 Å². The number of rotatable bonds is 7. The summed E-state index contributed by atoms with van der Waals surface area (Å²) in [7, 11) is 0. The normalized spacial score (nSPS) is 25.8. The monoisotopic (exact) mass is 241 g/mol. The Bertz CT molecular complexity index is 217. The average molecular weight is 241 g/mol. The lowest BCUT2D eigenvalue weighted by molar-refractivity contribution is -0.135. The van der Waals surface area contributed by atoms with Crippen molar-refractivity contribution < 1.29 is 9.84 Å². The summed E-state index contributed by atoms with van der Waals surface area (Å²) in [6.07, 6.45) is 8.42. The summed E-state index contributed by atoms with van der Waals surface area (Å²) in [5, 5.41) is 12.9. The summed E-state index contributed by atoms with van der Waals surface area (Å²) in [5.41, 5.74) is 0.0155. The van der Waals surface area contributed by atoms with Crippen molar-refractivity contribution in [2.45, 2.75) is 51.5 Å². The number of hydrogen-bond donors (Lipinski definition) is 2. The molecule has 3 heteroatoms. The molecule has 2 fully saturated rings. The van der Waals surface area contributed by atoms with E-state index >= 15 is 0 Å². The second-order valence-corrected chi connectivity index (χ2v) is 6.16. The molecule has 2 N–H and O–H groups in total. The molecule has 3 nitrogen and oxygen atoms in total. The Balaban J connectivity index is 1.58. The van der Waals surface area contributed by atoms with E-state index in [2.05, 4.69) is 12.2 Å². The number of hydrogen-bond acceptors (Lipinski definition) is 3. The summed E-state index contributed by atoms with van der Waals surface area (Å²) in [5.74, 6) is 0.984. The zero-order chi connectivity index (χ0) is 12.1. The highest BCUT2D eigenvalue weighted by Crippen LogP contribution is 2.29. The minimum atomic E-state index is 0.0155. The van der Waals surface area contributed by atoms with E-state index in [-0.39, 0.29) is 12.0 Å². The molecule has 1 atom stereocenters. The van der Waals surface area contributed by atoms with Crippen LogP contribution in [0.15, 0.2) is 0 Å². The lowest BCUT2D eigenvalue weighted by atomic mass is 9.86. The SMILES string of the molecule is CC(CCC1CCCC1)NCC1(CO)COC1. The Morgan fingerprint density at radius 2 is 2.06 bits per heavy atom. The fraction of sp³-hybridized carbons (Fsp3) is 1.00. The van der Waals surface area contributed by atoms with Crippen LogP contribution in [0.4, 0.5) is 0 Å². The highest BCUT2D eigenvalue weighted by molar-refractivity contribution is 4.87. The van der Waals surface area contributed by atoms with Gasteiger partial charge in [-0.3, -0.25) is 0 Å². The third-order valence-corrected chi connectivity index (χ3v) is 4.46. The molecular formula is C14H27NO2. The van der Waals surface area contributed by atoms with Crippen LogP contribution in [0.3, 0.4) is 0 Å². The molecule has 100 valence electrons. The molecule has 1 saturated carbocycles. The van der Waals surface area contributed by atoms with Crippen LogP contribution in [0.1, 0.15) is 45.4 Å². The third kappa shape index (κ3) is 3.67. The smallest absolute Gasteiger partial charge is 0.0579 e. The Kier molecular flexibility index (Phi) is 4.83. The first kappa shape index (κ1) is 13.3. The van der Waals surface area contributed by atoms with Crippen LogP contribution in [0.5, 0.6) is 0 Å². The van der Waals surface area contributed by atoms with Crippen molar-refractivity contribution in [1.82, 2.24) is 5.32 Å². The van der Waals surface area contributed by atoms with Crippen molar-refractivity contribution in [3.63, 3.8) is 0 Å². The molecule has 0 aromatic heterocycles. The Morgan fingerprint density at radius 3 is 2.59 bits per heavy atom. The second-order valence-electron chi connectivity index (χ2n) is 6.16. The fourth-order valence-electron chi connectivity index (χ4n) is 2.92. The van der Waals surface area contributed by atoms with Gasteiger partial charge in [-0.2, -0.15) is 0 Å². The van der Waals surface area contributed by atoms with E-state index in [1.54, 1.807) is 0 Å². The maximum atomic E-state index is 9.33. The molecule has 17 heavy (non-hydrogen) atoms. The minimum absolute atomic E-state index is 0.0155. The van der Waals surface area contributed by atoms with Gasteiger partial charge in [0, 0.05) is 12.6 Å². The van der Waals surface area contributed by atoms with Crippen LogP contribution >= 0.6 is 0 Å². The van der Waals surface area contributed by atoms with Gasteiger partial charge in [-0.05, 0) is 25.7 Å². The average Bonchev–Trinajstić information content (AvgIpc) is 2.78. The lowest BCUT2D eigenvalue weighted by Crippen LogP contribution is -2.53. The van der Waals surface area contributed by atoms with Gasteiger partial charge >= 0.3 is 0 Å². The van der Waals surface area contributed by atoms with Crippen molar-refractivity contribution >= 4 is 0 Å². The highest BCUT2D eigenvalue weighted by atomic mass is 16.5. The lowest BCUT2D eigenvalue weighted by Gasteiger charge is -2.40. The van der Waals surface area contributed by atoms with Gasteiger partial charge in [-0.25, -0.2) is 0 Å². The van der Waals surface area contributed by atoms with E-state index in [0.717, 1.165) is 12.5 Å². The fourth-order valence-corrected chi connectivity index (χ4v) is 2.92. The largest absolute Gasteiger partial charge is 0.396 e. The zero-order valence-corrected chi connectivity index (χ0v) is 11.1. The molecule has 0 spiro atoms. The van der Waals surface area contributed by atoms with Crippen LogP contribution in [-0.2, 0) is 4.74 Å². The van der Waals surface area contributed by atoms with E-state index < -0.39 is 0 Å². The molecule has 0 amide bonds. The molecule has 1 unspecified atom stereocenters. The van der Waals surface area contributed by atoms with E-state index in [1.165, 1.54) is 38.5 Å². The van der Waals surface area contributed by atoms with Crippen LogP contribution in [0.2, 0.25) is 0 Å². The maximum absolute atomic E-state index is 9.33. The quantitative estimate of drug-likeness (QED) is 0.716. The van der Waals surface area contributed by atoms with E-state index in [4.69, 9.17) is 4.74 Å². The number of ether oxygens (including phenoxy) is 1. The second kappa shape index (κ2) is 6.17. The van der Waals surface area contributed by atoms with Crippen molar-refractivity contribution in [2.24, 2.45) is 11.3 Å². The van der Waals surface area contributed by atoms with Crippen molar-refractivity contribution in [2.75, 3.05) is 26.4 Å². The first-order chi connectivity index (χ1) is 8.24. The third-order valence-electron chi connectivity index (χ3n) is 4.46. The zero-order valence-electron chi connectivity index (χ0n) is 11.1. The van der Waals surface area contributed by atoms with Gasteiger partial charge in [0.25, 0.3) is 0 Å². The van der Waals surface area contributed by atoms with Crippen molar-refractivity contribution in [1.29, 1.82) is 0 Å². The van der Waals surface area contributed by atoms with E-state index in [0.29, 0.717) is 19.3 Å². The summed E-state index contributed by atoms with van der Waals surface area (Å²) in [6.45, 7) is 4.84. The molecular weight excluding hydrogens is 214 g/mol. The van der Waals surface area contributed by atoms with Crippen molar-refractivity contribution in [3.05, 3.63) is 0 Å². The molecule has 1 aliphatic heterocycles. The molecule has 2 aliphatic rings. The molecule has 0 aromatic rings. The molecule has 1 saturated heterocycles. The summed E-state index contributed by atoms with van der Waals surface area (Å²) >= 11 is 0. The molecule has 0 radical (unpaired) electrons. The number of nitrogens with one attached hydrogen (secondary N) is 1. The minimum Gasteiger partial charge on any atom is -0.396 e. The Labute approximate surface area is 105 Å². The van der Waals surface area contributed by atoms with Gasteiger partial charge < -0.3 is 15.2 Å². The summed E-state index contributed by atoms with van der Waals surface area (Å²) < 4.78 is 5.20. The van der Waals surface area contributed by atoms with Crippen LogP contribution in [0, 0.1) is 11.3 Å². The predicted molar refractivity (Wildman–Crippen MR) is 69.0 cm³/mol. The molecule has 0 aromatic carbocycles. The van der Waals surface area contributed by atoms with Gasteiger partial charge in [-0.1, -0.05) is 25.7 Å². The standard InChI is InChI=1S/C14H27NO2/c1-12(6-7-13-4-2-3-5-13)15-8-14(9-16)10-17-11-14/h12-13,15-16H,2-11H2,1H3. The van der Waals surface area contributed by atoms with Gasteiger partial charge in [0.2, 0.25) is 0 Å². The Hall–Kier alpha value is -0.120. The van der Waals surface area contributed by atoms with Gasteiger partial charge in [0.15, 0.2) is 0 Å². The first-order valence-electron chi connectivity index (χ1n) is 7.16. The van der Waals surface area contributed by atoms with E-state index in [9.17, 15) is 5.11 Å². The van der Waals surface area contributed by atoms with E-state index in [1.807, 2.05) is 0 Å². The maximum Gasteiger partial charge on any atom is 0.0579 e. The highest BCUT2D eigenvalue weighted by Gasteiger charge is 2.37. The van der Waals surface area contributed by atoms with Gasteiger partial charge in [0.1, 0.15) is 0 Å². The molecule has 2 rings (SSSR count). The topological polar surface area (TPSA) is 41.5 Å². The van der Waals surface area contributed by atoms with Gasteiger partial charge in [-0.15, -0.1) is 0 Å². The number of aliphatic hydroxyl groups is 1. The Morgan fingerprint density at radius 1 is 1.35 bits per heavy atom. The molecule has 1 aliphatic carbocycles. The summed E-state index contributed by atoms with van der Waals surface area (Å²) in [6, 6.07) is 0.569. The van der Waals surface area contributed by atoms with Crippen molar-refractivity contribution in [3.8, 4) is 0 Å². The van der Waals surface area contributed by atoms with Crippen LogP contribution in [0.25, 0.3) is 0 Å². The predicted octanol–water partition coefficient (Wildman–Crippen LogP) is 1.94. The first-order valence-corrected chi connectivity index (χ1v) is 7.16.